The fourth-order valence-corrected chi connectivity index (χ4v) is 1.67. The number of rotatable bonds is 5. The lowest BCUT2D eigenvalue weighted by atomic mass is 10.1. The van der Waals surface area contributed by atoms with E-state index in [1.165, 1.54) is 0 Å². The minimum absolute atomic E-state index is 0.0290. The van der Waals surface area contributed by atoms with Gasteiger partial charge in [-0.1, -0.05) is 15.9 Å². The zero-order valence-electron chi connectivity index (χ0n) is 9.38. The van der Waals surface area contributed by atoms with Gasteiger partial charge in [0.05, 0.1) is 12.3 Å². The number of aromatic nitrogens is 1. The first-order valence-corrected chi connectivity index (χ1v) is 5.67. The molecule has 0 amide bonds. The summed E-state index contributed by atoms with van der Waals surface area (Å²) in [4.78, 5) is 4.27. The van der Waals surface area contributed by atoms with Crippen molar-refractivity contribution in [2.75, 3.05) is 13.7 Å². The van der Waals surface area contributed by atoms with Crippen LogP contribution in [0.3, 0.4) is 0 Å². The molecule has 0 unspecified atom stereocenters. The Morgan fingerprint density at radius 2 is 2.27 bits per heavy atom. The first-order chi connectivity index (χ1) is 7.03. The van der Waals surface area contributed by atoms with E-state index in [0.29, 0.717) is 6.61 Å². The Kier molecular flexibility index (Phi) is 4.70. The maximum absolute atomic E-state index is 5.13. The van der Waals surface area contributed by atoms with E-state index >= 15 is 0 Å². The van der Waals surface area contributed by atoms with Crippen LogP contribution in [0.5, 0.6) is 0 Å². The van der Waals surface area contributed by atoms with Gasteiger partial charge < -0.3 is 10.1 Å². The van der Waals surface area contributed by atoms with Gasteiger partial charge in [-0.2, -0.15) is 0 Å². The molecule has 4 heteroatoms. The lowest BCUT2D eigenvalue weighted by molar-refractivity contribution is 0.127. The van der Waals surface area contributed by atoms with Gasteiger partial charge in [0.15, 0.2) is 0 Å². The number of nitrogens with one attached hydrogen (secondary N) is 1. The fourth-order valence-electron chi connectivity index (χ4n) is 1.29. The van der Waals surface area contributed by atoms with Crippen LogP contribution in [0.2, 0.25) is 0 Å². The summed E-state index contributed by atoms with van der Waals surface area (Å²) >= 11 is 3.42. The number of methoxy groups -OCH3 is 1. The van der Waals surface area contributed by atoms with Crippen molar-refractivity contribution in [1.29, 1.82) is 0 Å². The predicted molar refractivity (Wildman–Crippen MR) is 64.7 cm³/mol. The molecule has 1 aromatic heterocycles. The minimum atomic E-state index is -0.0290. The molecule has 15 heavy (non-hydrogen) atoms. The molecule has 0 aliphatic carbocycles. The molecule has 1 aromatic rings. The normalized spacial score (nSPS) is 11.7. The van der Waals surface area contributed by atoms with Crippen LogP contribution in [0.25, 0.3) is 0 Å². The van der Waals surface area contributed by atoms with Gasteiger partial charge in [-0.25, -0.2) is 0 Å². The fraction of sp³-hybridized carbons (Fsp3) is 0.545. The molecule has 1 heterocycles. The van der Waals surface area contributed by atoms with Crippen molar-refractivity contribution in [2.24, 2.45) is 0 Å². The molecule has 3 nitrogen and oxygen atoms in total. The van der Waals surface area contributed by atoms with Crippen molar-refractivity contribution in [1.82, 2.24) is 10.3 Å². The van der Waals surface area contributed by atoms with Crippen molar-refractivity contribution in [2.45, 2.75) is 25.9 Å². The van der Waals surface area contributed by atoms with E-state index in [-0.39, 0.29) is 5.54 Å². The van der Waals surface area contributed by atoms with E-state index < -0.39 is 0 Å². The molecule has 0 aromatic carbocycles. The van der Waals surface area contributed by atoms with Crippen LogP contribution in [-0.4, -0.2) is 24.2 Å². The topological polar surface area (TPSA) is 34.1 Å². The van der Waals surface area contributed by atoms with E-state index in [0.717, 1.165) is 16.7 Å². The van der Waals surface area contributed by atoms with Gasteiger partial charge in [-0.15, -0.1) is 0 Å². The Bertz CT molecular complexity index is 315. The van der Waals surface area contributed by atoms with Gasteiger partial charge >= 0.3 is 0 Å². The lowest BCUT2D eigenvalue weighted by Gasteiger charge is -2.25. The molecule has 0 aliphatic rings. The van der Waals surface area contributed by atoms with Crippen LogP contribution in [0, 0.1) is 0 Å². The quantitative estimate of drug-likeness (QED) is 0.894. The lowest BCUT2D eigenvalue weighted by Crippen LogP contribution is -2.42. The van der Waals surface area contributed by atoms with E-state index in [9.17, 15) is 0 Å². The molecule has 0 radical (unpaired) electrons. The third kappa shape index (κ3) is 4.73. The van der Waals surface area contributed by atoms with Gasteiger partial charge in [0.1, 0.15) is 0 Å². The average molecular weight is 273 g/mol. The molecule has 1 N–H and O–H groups in total. The van der Waals surface area contributed by atoms with Gasteiger partial charge in [0.25, 0.3) is 0 Å². The zero-order valence-corrected chi connectivity index (χ0v) is 11.0. The Labute approximate surface area is 99.4 Å². The highest BCUT2D eigenvalue weighted by Crippen LogP contribution is 2.10. The van der Waals surface area contributed by atoms with Gasteiger partial charge in [-0.05, 0) is 26.0 Å². The third-order valence-corrected chi connectivity index (χ3v) is 2.53. The Morgan fingerprint density at radius 3 is 2.87 bits per heavy atom. The minimum Gasteiger partial charge on any atom is -0.383 e. The Hall–Kier alpha value is -0.450. The van der Waals surface area contributed by atoms with Crippen LogP contribution in [-0.2, 0) is 11.3 Å². The molecule has 1 rings (SSSR count). The third-order valence-electron chi connectivity index (χ3n) is 2.03. The second-order valence-electron chi connectivity index (χ2n) is 4.14. The molecular weight excluding hydrogens is 256 g/mol. The van der Waals surface area contributed by atoms with Crippen molar-refractivity contribution in [3.05, 3.63) is 28.5 Å². The summed E-state index contributed by atoms with van der Waals surface area (Å²) in [5.41, 5.74) is 0.993. The van der Waals surface area contributed by atoms with Gasteiger partial charge in [-0.3, -0.25) is 4.98 Å². The molecule has 0 bridgehead atoms. The van der Waals surface area contributed by atoms with E-state index in [2.05, 4.69) is 40.1 Å². The van der Waals surface area contributed by atoms with Crippen molar-refractivity contribution in [3.8, 4) is 0 Å². The van der Waals surface area contributed by atoms with Crippen molar-refractivity contribution < 1.29 is 4.74 Å². The van der Waals surface area contributed by atoms with E-state index in [1.807, 2.05) is 12.1 Å². The van der Waals surface area contributed by atoms with Gasteiger partial charge in [0.2, 0.25) is 0 Å². The summed E-state index contributed by atoms with van der Waals surface area (Å²) in [5, 5.41) is 3.40. The summed E-state index contributed by atoms with van der Waals surface area (Å²) in [6.45, 7) is 5.64. The SMILES string of the molecule is COCC(C)(C)NCc1cc(Br)ccn1. The van der Waals surface area contributed by atoms with Crippen molar-refractivity contribution in [3.63, 3.8) is 0 Å². The van der Waals surface area contributed by atoms with Gasteiger partial charge in [0, 0.05) is 29.9 Å². The maximum atomic E-state index is 5.13. The van der Waals surface area contributed by atoms with Crippen LogP contribution in [0.15, 0.2) is 22.8 Å². The van der Waals surface area contributed by atoms with Crippen LogP contribution in [0.4, 0.5) is 0 Å². The Balaban J connectivity index is 2.49. The highest BCUT2D eigenvalue weighted by Gasteiger charge is 2.16. The average Bonchev–Trinajstić information content (AvgIpc) is 2.15. The molecule has 0 spiro atoms. The summed E-state index contributed by atoms with van der Waals surface area (Å²) < 4.78 is 6.18. The molecule has 0 saturated carbocycles. The summed E-state index contributed by atoms with van der Waals surface area (Å²) in [5.74, 6) is 0. The number of pyridine rings is 1. The molecule has 84 valence electrons. The van der Waals surface area contributed by atoms with E-state index in [4.69, 9.17) is 4.74 Å². The first-order valence-electron chi connectivity index (χ1n) is 4.88. The second kappa shape index (κ2) is 5.58. The molecule has 0 aliphatic heterocycles. The summed E-state index contributed by atoms with van der Waals surface area (Å²) in [6.07, 6.45) is 1.80. The number of ether oxygens (including phenoxy) is 1. The molecular formula is C11H17BrN2O. The number of hydrogen-bond donors (Lipinski definition) is 1. The maximum Gasteiger partial charge on any atom is 0.0639 e. The van der Waals surface area contributed by atoms with E-state index in [1.54, 1.807) is 13.3 Å². The predicted octanol–water partition coefficient (Wildman–Crippen LogP) is 2.36. The Morgan fingerprint density at radius 1 is 1.53 bits per heavy atom. The highest BCUT2D eigenvalue weighted by molar-refractivity contribution is 9.10. The molecule has 0 saturated heterocycles. The summed E-state index contributed by atoms with van der Waals surface area (Å²) in [7, 11) is 1.71. The zero-order chi connectivity index (χ0) is 11.3. The van der Waals surface area contributed by atoms with Crippen LogP contribution >= 0.6 is 15.9 Å². The van der Waals surface area contributed by atoms with Crippen LogP contribution in [0.1, 0.15) is 19.5 Å². The van der Waals surface area contributed by atoms with Crippen LogP contribution < -0.4 is 5.32 Å². The standard InChI is InChI=1S/C11H17BrN2O/c1-11(2,8-15-3)14-7-10-6-9(12)4-5-13-10/h4-6,14H,7-8H2,1-3H3. The molecule has 0 fully saturated rings. The van der Waals surface area contributed by atoms with Crippen molar-refractivity contribution >= 4 is 15.9 Å². The largest absolute Gasteiger partial charge is 0.383 e. The smallest absolute Gasteiger partial charge is 0.0639 e. The first kappa shape index (κ1) is 12.6. The number of hydrogen-bond acceptors (Lipinski definition) is 3. The monoisotopic (exact) mass is 272 g/mol. The highest BCUT2D eigenvalue weighted by atomic mass is 79.9. The number of nitrogens with zero attached hydrogens (tertiary/aromatic N) is 1. The molecule has 0 atom stereocenters. The second-order valence-corrected chi connectivity index (χ2v) is 5.05. The number of halogens is 1. The summed E-state index contributed by atoms with van der Waals surface area (Å²) in [6, 6.07) is 3.93.